The van der Waals surface area contributed by atoms with Crippen LogP contribution in [0.2, 0.25) is 0 Å². The van der Waals surface area contributed by atoms with Gasteiger partial charge < -0.3 is 0 Å². The molecule has 0 radical (unpaired) electrons. The fourth-order valence-corrected chi connectivity index (χ4v) is 0.463. The standard InChI is InChI=1S/C2H3Cl4NS/c3-1(4)2(5,6)8-7/h1H,7H2. The summed E-state index contributed by atoms with van der Waals surface area (Å²) in [5, 5.41) is 4.99. The van der Waals surface area contributed by atoms with Crippen molar-refractivity contribution in [1.82, 2.24) is 0 Å². The molecule has 0 rings (SSSR count). The zero-order valence-electron chi connectivity index (χ0n) is 3.57. The molecule has 8 heavy (non-hydrogen) atoms. The first-order chi connectivity index (χ1) is 3.50. The maximum Gasteiger partial charge on any atom is 0.206 e. The molecular weight excluding hydrogens is 212 g/mol. The molecule has 0 saturated carbocycles. The van der Waals surface area contributed by atoms with Crippen molar-refractivity contribution in [2.75, 3.05) is 0 Å². The highest BCUT2D eigenvalue weighted by atomic mass is 35.5. The molecule has 1 nitrogen and oxygen atoms in total. The van der Waals surface area contributed by atoms with E-state index in [1.165, 1.54) is 0 Å². The Bertz CT molecular complexity index is 74.4. The van der Waals surface area contributed by atoms with E-state index in [4.69, 9.17) is 51.5 Å². The molecule has 0 aliphatic heterocycles. The van der Waals surface area contributed by atoms with Crippen molar-refractivity contribution in [3.8, 4) is 0 Å². The van der Waals surface area contributed by atoms with Crippen LogP contribution < -0.4 is 5.14 Å². The summed E-state index contributed by atoms with van der Waals surface area (Å²) in [4.78, 5) is -0.874. The van der Waals surface area contributed by atoms with Crippen LogP contribution in [0.5, 0.6) is 0 Å². The van der Waals surface area contributed by atoms with Crippen LogP contribution in [-0.4, -0.2) is 8.50 Å². The SMILES string of the molecule is NSC(Cl)(Cl)C(Cl)Cl. The lowest BCUT2D eigenvalue weighted by atomic mass is 10.9. The van der Waals surface area contributed by atoms with Gasteiger partial charge in [0.25, 0.3) is 0 Å². The maximum absolute atomic E-state index is 5.40. The molecule has 2 N–H and O–H groups in total. The van der Waals surface area contributed by atoms with Gasteiger partial charge in [-0.2, -0.15) is 0 Å². The van der Waals surface area contributed by atoms with E-state index in [9.17, 15) is 0 Å². The van der Waals surface area contributed by atoms with Crippen LogP contribution in [0.4, 0.5) is 0 Å². The predicted molar refractivity (Wildman–Crippen MR) is 41.7 cm³/mol. The van der Waals surface area contributed by atoms with Crippen molar-refractivity contribution < 1.29 is 0 Å². The Morgan fingerprint density at radius 1 is 1.38 bits per heavy atom. The summed E-state index contributed by atoms with van der Waals surface area (Å²) in [6.45, 7) is 0. The number of hydrogen-bond acceptors (Lipinski definition) is 2. The second-order valence-corrected chi connectivity index (χ2v) is 4.79. The van der Waals surface area contributed by atoms with Gasteiger partial charge in [-0.25, -0.2) is 0 Å². The average molecular weight is 215 g/mol. The number of halogens is 4. The molecular formula is C2H3Cl4NS. The minimum absolute atomic E-state index is 0.702. The molecule has 0 saturated heterocycles. The molecule has 0 spiro atoms. The van der Waals surface area contributed by atoms with Gasteiger partial charge in [-0.05, 0) is 11.9 Å². The topological polar surface area (TPSA) is 26.0 Å². The van der Waals surface area contributed by atoms with E-state index in [1.807, 2.05) is 0 Å². The first-order valence-corrected chi connectivity index (χ1v) is 4.05. The van der Waals surface area contributed by atoms with E-state index in [-0.39, 0.29) is 0 Å². The van der Waals surface area contributed by atoms with E-state index in [2.05, 4.69) is 0 Å². The molecule has 0 aromatic carbocycles. The lowest BCUT2D eigenvalue weighted by Crippen LogP contribution is -2.18. The summed E-state index contributed by atoms with van der Waals surface area (Å²) in [6, 6.07) is 0. The van der Waals surface area contributed by atoms with Crippen molar-refractivity contribution >= 4 is 58.4 Å². The maximum atomic E-state index is 5.40. The van der Waals surface area contributed by atoms with Gasteiger partial charge in [-0.1, -0.05) is 23.2 Å². The van der Waals surface area contributed by atoms with Crippen LogP contribution in [0.15, 0.2) is 0 Å². The molecule has 0 bridgehead atoms. The van der Waals surface area contributed by atoms with Gasteiger partial charge in [-0.15, -0.1) is 23.2 Å². The van der Waals surface area contributed by atoms with Crippen LogP contribution in [0.3, 0.4) is 0 Å². The highest BCUT2D eigenvalue weighted by molar-refractivity contribution is 8.01. The lowest BCUT2D eigenvalue weighted by Gasteiger charge is -2.15. The Labute approximate surface area is 71.9 Å². The third-order valence-electron chi connectivity index (χ3n) is 0.411. The first-order valence-electron chi connectivity index (χ1n) is 1.54. The molecule has 0 heterocycles. The van der Waals surface area contributed by atoms with Gasteiger partial charge in [0.1, 0.15) is 0 Å². The zero-order valence-corrected chi connectivity index (χ0v) is 7.42. The summed E-state index contributed by atoms with van der Waals surface area (Å²) in [7, 11) is 0. The number of rotatable bonds is 2. The van der Waals surface area contributed by atoms with Gasteiger partial charge in [0.2, 0.25) is 3.67 Å². The molecule has 6 heteroatoms. The van der Waals surface area contributed by atoms with Gasteiger partial charge >= 0.3 is 0 Å². The smallest absolute Gasteiger partial charge is 0.206 e. The molecule has 50 valence electrons. The van der Waals surface area contributed by atoms with Gasteiger partial charge in [-0.3, -0.25) is 5.14 Å². The molecule has 0 amide bonds. The fraction of sp³-hybridized carbons (Fsp3) is 1.00. The number of nitrogens with two attached hydrogens (primary N) is 1. The molecule has 0 fully saturated rings. The molecule has 0 aliphatic carbocycles. The zero-order chi connectivity index (χ0) is 6.78. The van der Waals surface area contributed by atoms with Crippen molar-refractivity contribution in [1.29, 1.82) is 0 Å². The first kappa shape index (κ1) is 9.47. The van der Waals surface area contributed by atoms with Crippen LogP contribution in [0.25, 0.3) is 0 Å². The van der Waals surface area contributed by atoms with Crippen molar-refractivity contribution in [2.45, 2.75) is 8.50 Å². The Morgan fingerprint density at radius 2 is 1.75 bits per heavy atom. The van der Waals surface area contributed by atoms with Gasteiger partial charge in [0.05, 0.1) is 0 Å². The molecule has 0 aromatic rings. The third-order valence-corrected chi connectivity index (χ3v) is 3.29. The largest absolute Gasteiger partial charge is 0.275 e. The molecule has 0 atom stereocenters. The Hall–Kier alpha value is 1.47. The second kappa shape index (κ2) is 3.59. The molecule has 0 aromatic heterocycles. The van der Waals surface area contributed by atoms with Crippen molar-refractivity contribution in [3.63, 3.8) is 0 Å². The van der Waals surface area contributed by atoms with Crippen LogP contribution >= 0.6 is 58.4 Å². The normalized spacial score (nSPS) is 12.8. The Kier molecular flexibility index (Phi) is 4.25. The second-order valence-electron chi connectivity index (χ2n) is 0.980. The quantitative estimate of drug-likeness (QED) is 0.565. The van der Waals surface area contributed by atoms with E-state index >= 15 is 0 Å². The summed E-state index contributed by atoms with van der Waals surface area (Å²) in [5.41, 5.74) is 0. The monoisotopic (exact) mass is 213 g/mol. The van der Waals surface area contributed by atoms with Crippen LogP contribution in [0.1, 0.15) is 0 Å². The van der Waals surface area contributed by atoms with E-state index in [0.29, 0.717) is 11.9 Å². The summed E-state index contributed by atoms with van der Waals surface area (Å²) in [5.74, 6) is 0. The highest BCUT2D eigenvalue weighted by Gasteiger charge is 2.31. The summed E-state index contributed by atoms with van der Waals surface area (Å²) in [6.07, 6.45) is 0. The van der Waals surface area contributed by atoms with Crippen LogP contribution in [-0.2, 0) is 0 Å². The van der Waals surface area contributed by atoms with Gasteiger partial charge in [0, 0.05) is 0 Å². The Morgan fingerprint density at radius 3 is 1.75 bits per heavy atom. The van der Waals surface area contributed by atoms with Crippen LogP contribution in [0, 0.1) is 0 Å². The molecule has 0 aliphatic rings. The highest BCUT2D eigenvalue weighted by Crippen LogP contribution is 2.39. The predicted octanol–water partition coefficient (Wildman–Crippen LogP) is 2.53. The van der Waals surface area contributed by atoms with Crippen molar-refractivity contribution in [2.24, 2.45) is 5.14 Å². The van der Waals surface area contributed by atoms with E-state index < -0.39 is 8.50 Å². The van der Waals surface area contributed by atoms with E-state index in [1.54, 1.807) is 0 Å². The fourth-order valence-electron chi connectivity index (χ4n) is 0.0514. The third kappa shape index (κ3) is 2.85. The minimum atomic E-state index is -1.29. The number of alkyl halides is 4. The van der Waals surface area contributed by atoms with Crippen molar-refractivity contribution in [3.05, 3.63) is 0 Å². The average Bonchev–Trinajstić information content (AvgIpc) is 1.67. The summed E-state index contributed by atoms with van der Waals surface area (Å²) < 4.78 is -1.29. The minimum Gasteiger partial charge on any atom is -0.275 e. The van der Waals surface area contributed by atoms with E-state index in [0.717, 1.165) is 0 Å². The lowest BCUT2D eigenvalue weighted by molar-refractivity contribution is 1.21. The number of hydrogen-bond donors (Lipinski definition) is 1. The van der Waals surface area contributed by atoms with Gasteiger partial charge in [0.15, 0.2) is 4.84 Å². The summed E-state index contributed by atoms with van der Waals surface area (Å²) >= 11 is 22.0. The molecule has 0 unspecified atom stereocenters. The Balaban J connectivity index is 3.71.